The van der Waals surface area contributed by atoms with Gasteiger partial charge in [0.15, 0.2) is 0 Å². The highest BCUT2D eigenvalue weighted by Gasteiger charge is 2.23. The Morgan fingerprint density at radius 3 is 2.62 bits per heavy atom. The van der Waals surface area contributed by atoms with Crippen molar-refractivity contribution in [3.05, 3.63) is 65.6 Å². The van der Waals surface area contributed by atoms with Gasteiger partial charge in [-0.3, -0.25) is 4.79 Å². The molecular weight excluding hydrogens is 398 g/mol. The van der Waals surface area contributed by atoms with Crippen LogP contribution in [0, 0.1) is 6.92 Å². The van der Waals surface area contributed by atoms with Crippen molar-refractivity contribution in [3.8, 4) is 0 Å². The third kappa shape index (κ3) is 5.13. The van der Waals surface area contributed by atoms with Gasteiger partial charge in [0.05, 0.1) is 31.9 Å². The average Bonchev–Trinajstić information content (AvgIpc) is 3.23. The maximum atomic E-state index is 13.0. The highest BCUT2D eigenvalue weighted by molar-refractivity contribution is 5.77. The number of nitrogens with one attached hydrogen (secondary N) is 2. The van der Waals surface area contributed by atoms with Crippen LogP contribution in [0.15, 0.2) is 48.8 Å². The molecule has 4 rings (SSSR count). The average molecular weight is 435 g/mol. The van der Waals surface area contributed by atoms with E-state index in [1.807, 2.05) is 32.6 Å². The van der Waals surface area contributed by atoms with Gasteiger partial charge in [0, 0.05) is 44.5 Å². The molecule has 0 bridgehead atoms. The number of aryl methyl sites for hydroxylation is 1. The number of imidazole rings is 1. The molecule has 1 aliphatic rings. The van der Waals surface area contributed by atoms with E-state index < -0.39 is 0 Å². The summed E-state index contributed by atoms with van der Waals surface area (Å²) in [6.45, 7) is 6.30. The first-order chi connectivity index (χ1) is 15.5. The number of nitrogens with zero attached hydrogens (tertiary/aromatic N) is 3. The van der Waals surface area contributed by atoms with E-state index in [1.54, 1.807) is 4.90 Å². The van der Waals surface area contributed by atoms with E-state index in [1.165, 1.54) is 32.4 Å². The second-order valence-corrected chi connectivity index (χ2v) is 9.22. The lowest BCUT2D eigenvalue weighted by molar-refractivity contribution is -0.903. The van der Waals surface area contributed by atoms with Gasteiger partial charge in [-0.2, -0.15) is 0 Å². The summed E-state index contributed by atoms with van der Waals surface area (Å²) in [4.78, 5) is 21.3. The zero-order chi connectivity index (χ0) is 22.5. The Hall–Kier alpha value is -2.86. The van der Waals surface area contributed by atoms with Gasteiger partial charge in [0.2, 0.25) is 5.91 Å². The van der Waals surface area contributed by atoms with Crippen LogP contribution in [0.2, 0.25) is 0 Å². The molecule has 1 aromatic carbocycles. The minimum atomic E-state index is -0.0506. The molecule has 3 aromatic rings. The second-order valence-electron chi connectivity index (χ2n) is 9.22. The van der Waals surface area contributed by atoms with E-state index >= 15 is 0 Å². The number of anilines is 1. The van der Waals surface area contributed by atoms with Gasteiger partial charge in [-0.05, 0) is 55.5 Å². The molecule has 32 heavy (non-hydrogen) atoms. The summed E-state index contributed by atoms with van der Waals surface area (Å²) in [5, 5.41) is 3.18. The van der Waals surface area contributed by atoms with Crippen molar-refractivity contribution in [1.82, 2.24) is 14.7 Å². The molecular formula is C26H36N5O+. The number of piperidine rings is 1. The van der Waals surface area contributed by atoms with Gasteiger partial charge in [-0.1, -0.05) is 18.2 Å². The number of carbonyl (C=O) groups is 1. The highest BCUT2D eigenvalue weighted by Crippen LogP contribution is 2.30. The van der Waals surface area contributed by atoms with E-state index in [9.17, 15) is 4.79 Å². The third-order valence-corrected chi connectivity index (χ3v) is 6.68. The molecule has 0 spiro atoms. The van der Waals surface area contributed by atoms with E-state index in [2.05, 4.69) is 56.9 Å². The number of pyridine rings is 1. The molecule has 0 unspecified atom stereocenters. The van der Waals surface area contributed by atoms with Gasteiger partial charge >= 0.3 is 0 Å². The maximum Gasteiger partial charge on any atom is 0.221 e. The number of carbonyl (C=O) groups excluding carboxylic acids is 1. The predicted octanol–water partition coefficient (Wildman–Crippen LogP) is 2.42. The molecule has 1 fully saturated rings. The van der Waals surface area contributed by atoms with Crippen LogP contribution in [0.4, 0.5) is 5.69 Å². The van der Waals surface area contributed by atoms with Gasteiger partial charge in [-0.15, -0.1) is 0 Å². The Kier molecular flexibility index (Phi) is 7.10. The molecule has 0 radical (unpaired) electrons. The van der Waals surface area contributed by atoms with Crippen molar-refractivity contribution in [2.24, 2.45) is 0 Å². The monoisotopic (exact) mass is 434 g/mol. The largest absolute Gasteiger partial charge is 0.378 e. The van der Waals surface area contributed by atoms with Crippen molar-refractivity contribution >= 4 is 17.2 Å². The molecule has 1 saturated heterocycles. The van der Waals surface area contributed by atoms with Crippen molar-refractivity contribution in [2.75, 3.05) is 45.2 Å². The Morgan fingerprint density at radius 1 is 1.16 bits per heavy atom. The van der Waals surface area contributed by atoms with Crippen LogP contribution < -0.4 is 15.1 Å². The number of benzene rings is 1. The van der Waals surface area contributed by atoms with Gasteiger partial charge in [-0.25, -0.2) is 4.98 Å². The predicted molar refractivity (Wildman–Crippen MR) is 130 cm³/mol. The SMILES string of the molecule is Cc1cccn2c([C@H](CC(=O)NCC[NH+]3CCCCC3)c3ccc(N(C)C)cc3)cnc12. The van der Waals surface area contributed by atoms with Crippen LogP contribution in [-0.2, 0) is 4.79 Å². The van der Waals surface area contributed by atoms with Crippen molar-refractivity contribution in [1.29, 1.82) is 0 Å². The lowest BCUT2D eigenvalue weighted by Gasteiger charge is -2.24. The number of rotatable bonds is 8. The number of quaternary nitrogens is 1. The lowest BCUT2D eigenvalue weighted by Crippen LogP contribution is -3.13. The van der Waals surface area contributed by atoms with Crippen molar-refractivity contribution < 1.29 is 9.69 Å². The fourth-order valence-corrected chi connectivity index (χ4v) is 4.76. The molecule has 0 saturated carbocycles. The molecule has 2 aromatic heterocycles. The maximum absolute atomic E-state index is 13.0. The fraction of sp³-hybridized carbons (Fsp3) is 0.462. The van der Waals surface area contributed by atoms with E-state index in [0.29, 0.717) is 6.42 Å². The van der Waals surface area contributed by atoms with E-state index in [-0.39, 0.29) is 11.8 Å². The number of hydrogen-bond donors (Lipinski definition) is 2. The first-order valence-electron chi connectivity index (χ1n) is 11.8. The van der Waals surface area contributed by atoms with Crippen LogP contribution in [0.3, 0.4) is 0 Å². The van der Waals surface area contributed by atoms with Gasteiger partial charge < -0.3 is 19.5 Å². The normalized spacial score (nSPS) is 15.6. The van der Waals surface area contributed by atoms with Crippen LogP contribution in [0.1, 0.15) is 48.4 Å². The number of likely N-dealkylation sites (tertiary alicyclic amines) is 1. The molecule has 2 N–H and O–H groups in total. The lowest BCUT2D eigenvalue weighted by atomic mass is 9.92. The van der Waals surface area contributed by atoms with Gasteiger partial charge in [0.1, 0.15) is 5.65 Å². The Labute approximate surface area is 191 Å². The number of aromatic nitrogens is 2. The standard InChI is InChI=1S/C26H35N5O/c1-20-8-7-16-31-24(19-28-26(20)31)23(21-9-11-22(12-10-21)29(2)3)18-25(32)27-13-17-30-14-5-4-6-15-30/h7-12,16,19,23H,4-6,13-15,17-18H2,1-3H3,(H,27,32)/p+1/t23-/m1/s1. The van der Waals surface area contributed by atoms with E-state index in [0.717, 1.165) is 41.2 Å². The molecule has 170 valence electrons. The number of hydrogen-bond acceptors (Lipinski definition) is 3. The van der Waals surface area contributed by atoms with Gasteiger partial charge in [0.25, 0.3) is 0 Å². The Bertz CT molecular complexity index is 1030. The summed E-state index contributed by atoms with van der Waals surface area (Å²) >= 11 is 0. The zero-order valence-electron chi connectivity index (χ0n) is 19.6. The first kappa shape index (κ1) is 22.3. The van der Waals surface area contributed by atoms with E-state index in [4.69, 9.17) is 0 Å². The number of amides is 1. The van der Waals surface area contributed by atoms with Crippen LogP contribution in [0.25, 0.3) is 5.65 Å². The molecule has 3 heterocycles. The van der Waals surface area contributed by atoms with Crippen LogP contribution >= 0.6 is 0 Å². The Morgan fingerprint density at radius 2 is 1.91 bits per heavy atom. The quantitative estimate of drug-likeness (QED) is 0.573. The van der Waals surface area contributed by atoms with Crippen LogP contribution in [0.5, 0.6) is 0 Å². The molecule has 1 atom stereocenters. The molecule has 1 aliphatic heterocycles. The topological polar surface area (TPSA) is 54.1 Å². The summed E-state index contributed by atoms with van der Waals surface area (Å²) in [7, 11) is 4.08. The molecule has 6 heteroatoms. The second kappa shape index (κ2) is 10.2. The first-order valence-corrected chi connectivity index (χ1v) is 11.8. The minimum Gasteiger partial charge on any atom is -0.378 e. The molecule has 6 nitrogen and oxygen atoms in total. The molecule has 1 amide bonds. The smallest absolute Gasteiger partial charge is 0.221 e. The van der Waals surface area contributed by atoms with Crippen LogP contribution in [-0.4, -0.2) is 55.6 Å². The summed E-state index contributed by atoms with van der Waals surface area (Å²) < 4.78 is 2.13. The minimum absolute atomic E-state index is 0.0506. The number of fused-ring (bicyclic) bond motifs is 1. The van der Waals surface area contributed by atoms with Crippen molar-refractivity contribution in [2.45, 2.75) is 38.5 Å². The van der Waals surface area contributed by atoms with Crippen molar-refractivity contribution in [3.63, 3.8) is 0 Å². The Balaban J connectivity index is 1.53. The zero-order valence-corrected chi connectivity index (χ0v) is 19.6. The molecule has 0 aliphatic carbocycles. The fourth-order valence-electron chi connectivity index (χ4n) is 4.76. The highest BCUT2D eigenvalue weighted by atomic mass is 16.1. The third-order valence-electron chi connectivity index (χ3n) is 6.68. The summed E-state index contributed by atoms with van der Waals surface area (Å²) in [6.07, 6.45) is 8.35. The summed E-state index contributed by atoms with van der Waals surface area (Å²) in [5.41, 5.74) is 5.42. The summed E-state index contributed by atoms with van der Waals surface area (Å²) in [5.74, 6) is 0.0519. The summed E-state index contributed by atoms with van der Waals surface area (Å²) in [6, 6.07) is 12.6.